The second-order valence-corrected chi connectivity index (χ2v) is 9.12. The molecule has 0 aliphatic carbocycles. The minimum Gasteiger partial charge on any atom is -0.355 e. The van der Waals surface area contributed by atoms with E-state index in [1.165, 1.54) is 5.56 Å². The molecule has 1 N–H and O–H groups in total. The van der Waals surface area contributed by atoms with E-state index in [1.54, 1.807) is 22.2 Å². The van der Waals surface area contributed by atoms with E-state index in [4.69, 9.17) is 0 Å². The predicted molar refractivity (Wildman–Crippen MR) is 126 cm³/mol. The number of nitrogens with one attached hydrogen (secondary N) is 1. The van der Waals surface area contributed by atoms with Gasteiger partial charge in [0.2, 0.25) is 5.91 Å². The summed E-state index contributed by atoms with van der Waals surface area (Å²) in [7, 11) is 0. The van der Waals surface area contributed by atoms with Gasteiger partial charge in [0, 0.05) is 23.9 Å². The smallest absolute Gasteiger partial charge is 0.224 e. The summed E-state index contributed by atoms with van der Waals surface area (Å²) in [4.78, 5) is 16.6. The van der Waals surface area contributed by atoms with Crippen LogP contribution in [0.4, 0.5) is 5.82 Å². The number of fused-ring (bicyclic) bond motifs is 1. The second kappa shape index (κ2) is 9.08. The highest BCUT2D eigenvalue weighted by atomic mass is 32.1. The van der Waals surface area contributed by atoms with Crippen molar-refractivity contribution in [3.05, 3.63) is 76.2 Å². The van der Waals surface area contributed by atoms with Crippen LogP contribution in [0.25, 0.3) is 5.65 Å². The van der Waals surface area contributed by atoms with E-state index in [1.807, 2.05) is 18.2 Å². The van der Waals surface area contributed by atoms with Crippen molar-refractivity contribution >= 4 is 28.7 Å². The second-order valence-electron chi connectivity index (χ2n) is 8.14. The average Bonchev–Trinajstić information content (AvgIpc) is 3.54. The highest BCUT2D eigenvalue weighted by Gasteiger charge is 2.28. The Balaban J connectivity index is 1.26. The molecule has 7 nitrogen and oxygen atoms in total. The van der Waals surface area contributed by atoms with Gasteiger partial charge in [-0.15, -0.1) is 26.6 Å². The average molecular weight is 447 g/mol. The Labute approximate surface area is 191 Å². The minimum absolute atomic E-state index is 0.00210. The first-order valence-corrected chi connectivity index (χ1v) is 11.9. The number of piperidine rings is 1. The first kappa shape index (κ1) is 20.6. The quantitative estimate of drug-likeness (QED) is 0.487. The summed E-state index contributed by atoms with van der Waals surface area (Å²) in [5, 5.41) is 17.9. The zero-order valence-corrected chi connectivity index (χ0v) is 18.8. The molecular weight excluding hydrogens is 420 g/mol. The molecule has 1 atom stereocenters. The lowest BCUT2D eigenvalue weighted by molar-refractivity contribution is -0.126. The zero-order valence-electron chi connectivity index (χ0n) is 18.0. The summed E-state index contributed by atoms with van der Waals surface area (Å²) < 4.78 is 1.68. The van der Waals surface area contributed by atoms with Crippen LogP contribution in [0.3, 0.4) is 0 Å². The number of aryl methyl sites for hydroxylation is 1. The number of thiophene rings is 1. The Morgan fingerprint density at radius 1 is 1.16 bits per heavy atom. The Hall–Kier alpha value is -3.26. The van der Waals surface area contributed by atoms with E-state index >= 15 is 0 Å². The Bertz CT molecular complexity index is 1180. The molecule has 0 bridgehead atoms. The normalized spacial score (nSPS) is 15.7. The number of aromatic nitrogens is 4. The lowest BCUT2D eigenvalue weighted by Crippen LogP contribution is -2.42. The predicted octanol–water partition coefficient (Wildman–Crippen LogP) is 3.87. The maximum atomic E-state index is 13.2. The summed E-state index contributed by atoms with van der Waals surface area (Å²) in [6.07, 6.45) is 4.23. The van der Waals surface area contributed by atoms with E-state index in [-0.39, 0.29) is 17.9 Å². The van der Waals surface area contributed by atoms with E-state index in [9.17, 15) is 4.79 Å². The minimum atomic E-state index is -0.107. The van der Waals surface area contributed by atoms with Gasteiger partial charge in [0.1, 0.15) is 12.1 Å². The molecule has 1 unspecified atom stereocenters. The van der Waals surface area contributed by atoms with Crippen LogP contribution in [-0.4, -0.2) is 38.8 Å². The number of carbonyl (C=O) groups is 1. The van der Waals surface area contributed by atoms with Gasteiger partial charge < -0.3 is 10.2 Å². The Kier molecular flexibility index (Phi) is 5.85. The summed E-state index contributed by atoms with van der Waals surface area (Å²) in [6, 6.07) is 16.5. The van der Waals surface area contributed by atoms with Crippen molar-refractivity contribution in [3.8, 4) is 0 Å². The largest absolute Gasteiger partial charge is 0.355 e. The number of rotatable bonds is 6. The van der Waals surface area contributed by atoms with Crippen LogP contribution in [0.15, 0.2) is 60.2 Å². The van der Waals surface area contributed by atoms with Gasteiger partial charge in [-0.05, 0) is 54.0 Å². The van der Waals surface area contributed by atoms with Gasteiger partial charge in [0.15, 0.2) is 5.65 Å². The standard InChI is InChI=1S/C24H26N6OS/c1-2-17-5-7-18(8-6-17)23(20-4-3-15-32-20)26-24(31)19-11-13-29(14-12-19)22-10-9-21-27-25-16-30(21)28-22/h3-10,15-16,19,23H,2,11-14H2,1H3,(H,26,31). The first-order chi connectivity index (χ1) is 15.7. The first-order valence-electron chi connectivity index (χ1n) is 11.1. The summed E-state index contributed by atoms with van der Waals surface area (Å²) in [6.45, 7) is 3.75. The van der Waals surface area contributed by atoms with Crippen LogP contribution in [0.5, 0.6) is 0 Å². The zero-order chi connectivity index (χ0) is 21.9. The SMILES string of the molecule is CCc1ccc(C(NC(=O)C2CCN(c3ccc4nncn4n3)CC2)c2cccs2)cc1. The monoisotopic (exact) mass is 446 g/mol. The highest BCUT2D eigenvalue weighted by molar-refractivity contribution is 7.10. The summed E-state index contributed by atoms with van der Waals surface area (Å²) >= 11 is 1.68. The number of carbonyl (C=O) groups excluding carboxylic acids is 1. The molecule has 1 aliphatic rings. The lowest BCUT2D eigenvalue weighted by Gasteiger charge is -2.32. The van der Waals surface area contributed by atoms with Crippen molar-refractivity contribution in [1.29, 1.82) is 0 Å². The van der Waals surface area contributed by atoms with E-state index in [0.29, 0.717) is 0 Å². The molecule has 4 aromatic rings. The van der Waals surface area contributed by atoms with E-state index < -0.39 is 0 Å². The van der Waals surface area contributed by atoms with E-state index in [2.05, 4.69) is 68.1 Å². The third kappa shape index (κ3) is 4.23. The highest BCUT2D eigenvalue weighted by Crippen LogP contribution is 2.28. The third-order valence-electron chi connectivity index (χ3n) is 6.17. The molecule has 164 valence electrons. The summed E-state index contributed by atoms with van der Waals surface area (Å²) in [5.74, 6) is 1.02. The van der Waals surface area contributed by atoms with Gasteiger partial charge in [-0.1, -0.05) is 37.3 Å². The van der Waals surface area contributed by atoms with Crippen LogP contribution in [-0.2, 0) is 11.2 Å². The number of hydrogen-bond acceptors (Lipinski definition) is 6. The molecule has 1 aliphatic heterocycles. The fourth-order valence-electron chi connectivity index (χ4n) is 4.24. The Morgan fingerprint density at radius 3 is 2.69 bits per heavy atom. The third-order valence-corrected chi connectivity index (χ3v) is 7.11. The lowest BCUT2D eigenvalue weighted by atomic mass is 9.94. The van der Waals surface area contributed by atoms with Crippen molar-refractivity contribution in [3.63, 3.8) is 0 Å². The number of anilines is 1. The molecule has 0 saturated carbocycles. The number of nitrogens with zero attached hydrogens (tertiary/aromatic N) is 5. The molecule has 1 fully saturated rings. The van der Waals surface area contributed by atoms with Crippen molar-refractivity contribution in [2.24, 2.45) is 5.92 Å². The Morgan fingerprint density at radius 2 is 1.97 bits per heavy atom. The molecular formula is C24H26N6OS. The molecule has 0 radical (unpaired) electrons. The fourth-order valence-corrected chi connectivity index (χ4v) is 5.04. The number of amides is 1. The van der Waals surface area contributed by atoms with Gasteiger partial charge in [-0.3, -0.25) is 4.79 Å². The van der Waals surface area contributed by atoms with Gasteiger partial charge in [0.25, 0.3) is 0 Å². The molecule has 8 heteroatoms. The van der Waals surface area contributed by atoms with Crippen molar-refractivity contribution in [2.45, 2.75) is 32.2 Å². The van der Waals surface area contributed by atoms with Gasteiger partial charge in [0.05, 0.1) is 6.04 Å². The van der Waals surface area contributed by atoms with Crippen LogP contribution in [0.1, 0.15) is 41.8 Å². The van der Waals surface area contributed by atoms with Crippen LogP contribution >= 0.6 is 11.3 Å². The van der Waals surface area contributed by atoms with Crippen molar-refractivity contribution < 1.29 is 4.79 Å². The molecule has 1 saturated heterocycles. The van der Waals surface area contributed by atoms with Crippen molar-refractivity contribution in [1.82, 2.24) is 25.1 Å². The maximum Gasteiger partial charge on any atom is 0.224 e. The summed E-state index contributed by atoms with van der Waals surface area (Å²) in [5.41, 5.74) is 3.16. The maximum absolute atomic E-state index is 13.2. The molecule has 3 aromatic heterocycles. The molecule has 1 aromatic carbocycles. The number of hydrogen-bond donors (Lipinski definition) is 1. The number of benzene rings is 1. The molecule has 32 heavy (non-hydrogen) atoms. The molecule has 4 heterocycles. The van der Waals surface area contributed by atoms with Crippen LogP contribution in [0, 0.1) is 5.92 Å². The molecule has 5 rings (SSSR count). The van der Waals surface area contributed by atoms with Crippen LogP contribution < -0.4 is 10.2 Å². The van der Waals surface area contributed by atoms with E-state index in [0.717, 1.165) is 54.3 Å². The molecule has 0 spiro atoms. The van der Waals surface area contributed by atoms with Crippen LogP contribution in [0.2, 0.25) is 0 Å². The topological polar surface area (TPSA) is 75.4 Å². The van der Waals surface area contributed by atoms with Crippen molar-refractivity contribution in [2.75, 3.05) is 18.0 Å². The fraction of sp³-hybridized carbons (Fsp3) is 0.333. The van der Waals surface area contributed by atoms with Gasteiger partial charge in [-0.25, -0.2) is 0 Å². The van der Waals surface area contributed by atoms with Gasteiger partial charge >= 0.3 is 0 Å². The van der Waals surface area contributed by atoms with Gasteiger partial charge in [-0.2, -0.15) is 4.52 Å². The molecule has 1 amide bonds.